The highest BCUT2D eigenvalue weighted by Gasteiger charge is 2.38. The van der Waals surface area contributed by atoms with Gasteiger partial charge in [0.05, 0.1) is 13.2 Å². The third-order valence-corrected chi connectivity index (χ3v) is 4.76. The molecule has 0 aromatic carbocycles. The fourth-order valence-electron chi connectivity index (χ4n) is 3.21. The van der Waals surface area contributed by atoms with Crippen LogP contribution in [0.15, 0.2) is 0 Å². The van der Waals surface area contributed by atoms with E-state index in [1.807, 2.05) is 0 Å². The number of hydrogen-bond donors (Lipinski definition) is 2. The van der Waals surface area contributed by atoms with Crippen LogP contribution in [0, 0.1) is 5.92 Å². The third kappa shape index (κ3) is 3.55. The lowest BCUT2D eigenvalue weighted by Crippen LogP contribution is -2.57. The maximum atomic E-state index is 12.7. The molecule has 3 fully saturated rings. The van der Waals surface area contributed by atoms with Crippen LogP contribution in [-0.2, 0) is 14.3 Å². The highest BCUT2D eigenvalue weighted by Crippen LogP contribution is 2.27. The highest BCUT2D eigenvalue weighted by atomic mass is 16.5. The van der Waals surface area contributed by atoms with Gasteiger partial charge in [-0.15, -0.1) is 0 Å². The smallest absolute Gasteiger partial charge is 0.245 e. The van der Waals surface area contributed by atoms with Crippen molar-refractivity contribution in [2.45, 2.75) is 56.7 Å². The summed E-state index contributed by atoms with van der Waals surface area (Å²) >= 11 is 0. The van der Waals surface area contributed by atoms with Crippen molar-refractivity contribution in [3.8, 4) is 0 Å². The average Bonchev–Trinajstić information content (AvgIpc) is 3.31. The summed E-state index contributed by atoms with van der Waals surface area (Å²) in [6.45, 7) is 1.35. The van der Waals surface area contributed by atoms with Crippen molar-refractivity contribution < 1.29 is 14.3 Å². The number of ether oxygens (including phenoxy) is 1. The fraction of sp³-hybridized carbons (Fsp3) is 0.867. The molecule has 3 N–H and O–H groups in total. The fourth-order valence-corrected chi connectivity index (χ4v) is 3.21. The van der Waals surface area contributed by atoms with E-state index >= 15 is 0 Å². The average molecular weight is 295 g/mol. The summed E-state index contributed by atoms with van der Waals surface area (Å²) in [4.78, 5) is 26.8. The SMILES string of the molecule is NC1CCC(C(=O)N2CCOCC2C(=O)NC2CC2)CC1. The van der Waals surface area contributed by atoms with Gasteiger partial charge in [0.2, 0.25) is 11.8 Å². The van der Waals surface area contributed by atoms with Crippen LogP contribution in [0.5, 0.6) is 0 Å². The molecule has 6 heteroatoms. The predicted molar refractivity (Wildman–Crippen MR) is 77.4 cm³/mol. The van der Waals surface area contributed by atoms with Crippen LogP contribution in [0.25, 0.3) is 0 Å². The van der Waals surface area contributed by atoms with Crippen LogP contribution < -0.4 is 11.1 Å². The molecule has 1 atom stereocenters. The second-order valence-electron chi connectivity index (χ2n) is 6.52. The van der Waals surface area contributed by atoms with Crippen molar-refractivity contribution in [2.75, 3.05) is 19.8 Å². The van der Waals surface area contributed by atoms with Gasteiger partial charge in [0.25, 0.3) is 0 Å². The molecule has 2 amide bonds. The van der Waals surface area contributed by atoms with Crippen LogP contribution in [0.4, 0.5) is 0 Å². The number of hydrogen-bond acceptors (Lipinski definition) is 4. The molecule has 0 radical (unpaired) electrons. The largest absolute Gasteiger partial charge is 0.377 e. The molecule has 2 saturated carbocycles. The Hall–Kier alpha value is -1.14. The Morgan fingerprint density at radius 1 is 1.10 bits per heavy atom. The molecule has 1 heterocycles. The van der Waals surface area contributed by atoms with Gasteiger partial charge in [-0.25, -0.2) is 0 Å². The molecule has 1 saturated heterocycles. The Balaban J connectivity index is 1.62. The first-order chi connectivity index (χ1) is 10.1. The second-order valence-corrected chi connectivity index (χ2v) is 6.52. The van der Waals surface area contributed by atoms with Crippen molar-refractivity contribution in [3.63, 3.8) is 0 Å². The Morgan fingerprint density at radius 3 is 2.48 bits per heavy atom. The van der Waals surface area contributed by atoms with Gasteiger partial charge in [0.15, 0.2) is 0 Å². The van der Waals surface area contributed by atoms with Gasteiger partial charge in [-0.2, -0.15) is 0 Å². The minimum Gasteiger partial charge on any atom is -0.377 e. The predicted octanol–water partition coefficient (Wildman–Crippen LogP) is 0.00990. The minimum absolute atomic E-state index is 0.0270. The Bertz CT molecular complexity index is 403. The van der Waals surface area contributed by atoms with Gasteiger partial charge < -0.3 is 20.7 Å². The van der Waals surface area contributed by atoms with E-state index in [0.717, 1.165) is 38.5 Å². The van der Waals surface area contributed by atoms with Crippen molar-refractivity contribution in [2.24, 2.45) is 11.7 Å². The van der Waals surface area contributed by atoms with Gasteiger partial charge in [-0.1, -0.05) is 0 Å². The Labute approximate surface area is 125 Å². The zero-order chi connectivity index (χ0) is 14.8. The zero-order valence-corrected chi connectivity index (χ0v) is 12.4. The van der Waals surface area contributed by atoms with Crippen LogP contribution >= 0.6 is 0 Å². The first-order valence-electron chi connectivity index (χ1n) is 8.09. The lowest BCUT2D eigenvalue weighted by atomic mass is 9.85. The maximum Gasteiger partial charge on any atom is 0.245 e. The highest BCUT2D eigenvalue weighted by molar-refractivity contribution is 5.89. The summed E-state index contributed by atoms with van der Waals surface area (Å²) in [6, 6.07) is 0.0826. The number of amides is 2. The maximum absolute atomic E-state index is 12.7. The normalized spacial score (nSPS) is 33.6. The van der Waals surface area contributed by atoms with Gasteiger partial charge in [0.1, 0.15) is 6.04 Å². The zero-order valence-electron chi connectivity index (χ0n) is 12.4. The van der Waals surface area contributed by atoms with Crippen molar-refractivity contribution >= 4 is 11.8 Å². The monoisotopic (exact) mass is 295 g/mol. The first kappa shape index (κ1) is 14.8. The van der Waals surface area contributed by atoms with E-state index in [0.29, 0.717) is 25.8 Å². The van der Waals surface area contributed by atoms with Gasteiger partial charge in [-0.05, 0) is 38.5 Å². The van der Waals surface area contributed by atoms with Gasteiger partial charge in [-0.3, -0.25) is 9.59 Å². The number of morpholine rings is 1. The van der Waals surface area contributed by atoms with Crippen LogP contribution in [0.3, 0.4) is 0 Å². The van der Waals surface area contributed by atoms with Gasteiger partial charge in [0, 0.05) is 24.5 Å². The quantitative estimate of drug-likeness (QED) is 0.768. The molecule has 3 aliphatic rings. The lowest BCUT2D eigenvalue weighted by Gasteiger charge is -2.38. The topological polar surface area (TPSA) is 84.7 Å². The first-order valence-corrected chi connectivity index (χ1v) is 8.09. The molecule has 3 rings (SSSR count). The number of carbonyl (C=O) groups excluding carboxylic acids is 2. The second kappa shape index (κ2) is 6.32. The van der Waals surface area contributed by atoms with E-state index in [1.54, 1.807) is 4.90 Å². The molecular weight excluding hydrogens is 270 g/mol. The number of nitrogens with one attached hydrogen (secondary N) is 1. The molecule has 21 heavy (non-hydrogen) atoms. The van der Waals surface area contributed by atoms with E-state index in [9.17, 15) is 9.59 Å². The van der Waals surface area contributed by atoms with E-state index < -0.39 is 6.04 Å². The summed E-state index contributed by atoms with van der Waals surface area (Å²) < 4.78 is 5.42. The summed E-state index contributed by atoms with van der Waals surface area (Å²) in [5, 5.41) is 2.99. The summed E-state index contributed by atoms with van der Waals surface area (Å²) in [5.74, 6) is 0.0818. The number of rotatable bonds is 3. The molecule has 1 unspecified atom stereocenters. The molecule has 6 nitrogen and oxygen atoms in total. The molecular formula is C15H25N3O3. The van der Waals surface area contributed by atoms with Gasteiger partial charge >= 0.3 is 0 Å². The van der Waals surface area contributed by atoms with Crippen molar-refractivity contribution in [3.05, 3.63) is 0 Å². The molecule has 0 aromatic rings. The van der Waals surface area contributed by atoms with Crippen molar-refractivity contribution in [1.82, 2.24) is 10.2 Å². The summed E-state index contributed by atoms with van der Waals surface area (Å²) in [7, 11) is 0. The Kier molecular flexibility index (Phi) is 4.45. The number of nitrogens with two attached hydrogens (primary N) is 1. The Morgan fingerprint density at radius 2 is 1.81 bits per heavy atom. The lowest BCUT2D eigenvalue weighted by molar-refractivity contribution is -0.152. The molecule has 2 aliphatic carbocycles. The number of nitrogens with zero attached hydrogens (tertiary/aromatic N) is 1. The molecule has 0 bridgehead atoms. The minimum atomic E-state index is -0.456. The third-order valence-electron chi connectivity index (χ3n) is 4.76. The van der Waals surface area contributed by atoms with Crippen molar-refractivity contribution in [1.29, 1.82) is 0 Å². The van der Waals surface area contributed by atoms with E-state index in [-0.39, 0.29) is 23.8 Å². The molecule has 118 valence electrons. The molecule has 0 aromatic heterocycles. The number of carbonyl (C=O) groups is 2. The van der Waals surface area contributed by atoms with Crippen LogP contribution in [-0.4, -0.2) is 54.6 Å². The molecule has 0 spiro atoms. The van der Waals surface area contributed by atoms with E-state index in [2.05, 4.69) is 5.32 Å². The van der Waals surface area contributed by atoms with E-state index in [4.69, 9.17) is 10.5 Å². The standard InChI is InChI=1S/C15H25N3O3/c16-11-3-1-10(2-4-11)15(20)18-7-8-21-9-13(18)14(19)17-12-5-6-12/h10-13H,1-9,16H2,(H,17,19). The summed E-state index contributed by atoms with van der Waals surface area (Å²) in [5.41, 5.74) is 5.90. The van der Waals surface area contributed by atoms with Crippen LogP contribution in [0.2, 0.25) is 0 Å². The van der Waals surface area contributed by atoms with Crippen LogP contribution in [0.1, 0.15) is 38.5 Å². The molecule has 1 aliphatic heterocycles. The summed E-state index contributed by atoms with van der Waals surface area (Å²) in [6.07, 6.45) is 5.59. The van der Waals surface area contributed by atoms with E-state index in [1.165, 1.54) is 0 Å².